The average Bonchev–Trinajstić information content (AvgIpc) is 3.39. The lowest BCUT2D eigenvalue weighted by molar-refractivity contribution is -0.167. The number of unbranched alkanes of at least 4 members (excludes halogenated alkanes) is 43. The van der Waals surface area contributed by atoms with Gasteiger partial charge in [-0.2, -0.15) is 0 Å². The van der Waals surface area contributed by atoms with E-state index in [1.54, 1.807) is 0 Å². The summed E-state index contributed by atoms with van der Waals surface area (Å²) in [6.07, 6.45) is 75.9. The van der Waals surface area contributed by atoms with Crippen LogP contribution in [0.25, 0.3) is 0 Å². The zero-order valence-corrected chi connectivity index (χ0v) is 49.2. The van der Waals surface area contributed by atoms with Crippen LogP contribution in [0.1, 0.15) is 355 Å². The molecular formula is C67H124O6. The molecule has 0 radical (unpaired) electrons. The summed E-state index contributed by atoms with van der Waals surface area (Å²) in [6, 6.07) is 0. The molecule has 0 bridgehead atoms. The number of allylic oxidation sites excluding steroid dienone is 6. The number of esters is 3. The molecular weight excluding hydrogens is 901 g/mol. The number of carbonyl (C=O) groups is 3. The second-order valence-corrected chi connectivity index (χ2v) is 22.0. The fraction of sp³-hybridized carbons (Fsp3) is 0.866. The van der Waals surface area contributed by atoms with E-state index in [0.29, 0.717) is 19.3 Å². The van der Waals surface area contributed by atoms with Crippen molar-refractivity contribution in [2.24, 2.45) is 0 Å². The molecule has 6 heteroatoms. The Balaban J connectivity index is 4.19. The van der Waals surface area contributed by atoms with Gasteiger partial charge in [-0.3, -0.25) is 14.4 Å². The van der Waals surface area contributed by atoms with E-state index in [-0.39, 0.29) is 31.1 Å². The minimum atomic E-state index is -0.772. The van der Waals surface area contributed by atoms with E-state index in [9.17, 15) is 14.4 Å². The van der Waals surface area contributed by atoms with Crippen molar-refractivity contribution in [3.05, 3.63) is 36.5 Å². The van der Waals surface area contributed by atoms with Crippen LogP contribution < -0.4 is 0 Å². The molecule has 0 aliphatic carbocycles. The highest BCUT2D eigenvalue weighted by molar-refractivity contribution is 5.71. The summed E-state index contributed by atoms with van der Waals surface area (Å²) in [6.45, 7) is 6.65. The molecule has 428 valence electrons. The van der Waals surface area contributed by atoms with Crippen molar-refractivity contribution >= 4 is 17.9 Å². The second kappa shape index (κ2) is 62.2. The fourth-order valence-electron chi connectivity index (χ4n) is 9.71. The van der Waals surface area contributed by atoms with Gasteiger partial charge < -0.3 is 14.2 Å². The molecule has 0 fully saturated rings. The second-order valence-electron chi connectivity index (χ2n) is 22.0. The predicted molar refractivity (Wildman–Crippen MR) is 316 cm³/mol. The maximum atomic E-state index is 12.9. The van der Waals surface area contributed by atoms with Gasteiger partial charge in [0.05, 0.1) is 0 Å². The van der Waals surface area contributed by atoms with Crippen molar-refractivity contribution in [2.45, 2.75) is 361 Å². The molecule has 1 atom stereocenters. The van der Waals surface area contributed by atoms with Crippen LogP contribution in [0.3, 0.4) is 0 Å². The van der Waals surface area contributed by atoms with Crippen LogP contribution in [0, 0.1) is 0 Å². The van der Waals surface area contributed by atoms with Gasteiger partial charge in [-0.1, -0.05) is 295 Å². The summed E-state index contributed by atoms with van der Waals surface area (Å²) < 4.78 is 16.9. The molecule has 0 aromatic carbocycles. The maximum absolute atomic E-state index is 12.9. The molecule has 6 nitrogen and oxygen atoms in total. The summed E-state index contributed by atoms with van der Waals surface area (Å²) in [5.74, 6) is -0.856. The van der Waals surface area contributed by atoms with Crippen LogP contribution in [-0.4, -0.2) is 37.2 Å². The highest BCUT2D eigenvalue weighted by Gasteiger charge is 2.19. The van der Waals surface area contributed by atoms with E-state index >= 15 is 0 Å². The van der Waals surface area contributed by atoms with Crippen molar-refractivity contribution in [2.75, 3.05) is 13.2 Å². The third-order valence-electron chi connectivity index (χ3n) is 14.6. The molecule has 0 spiro atoms. The number of rotatable bonds is 60. The van der Waals surface area contributed by atoms with Crippen LogP contribution in [0.4, 0.5) is 0 Å². The zero-order chi connectivity index (χ0) is 52.9. The van der Waals surface area contributed by atoms with Crippen molar-refractivity contribution < 1.29 is 28.6 Å². The van der Waals surface area contributed by atoms with Gasteiger partial charge >= 0.3 is 17.9 Å². The Morgan fingerprint density at radius 2 is 0.493 bits per heavy atom. The first-order valence-electron chi connectivity index (χ1n) is 32.5. The molecule has 0 aromatic heterocycles. The quantitative estimate of drug-likeness (QED) is 0.0261. The maximum Gasteiger partial charge on any atom is 0.306 e. The first kappa shape index (κ1) is 70.6. The normalized spacial score (nSPS) is 12.2. The summed E-state index contributed by atoms with van der Waals surface area (Å²) >= 11 is 0. The largest absolute Gasteiger partial charge is 0.462 e. The molecule has 0 amide bonds. The third kappa shape index (κ3) is 60.4. The Hall–Kier alpha value is -2.37. The van der Waals surface area contributed by atoms with Gasteiger partial charge in [0.2, 0.25) is 0 Å². The summed E-state index contributed by atoms with van der Waals surface area (Å²) in [4.78, 5) is 38.2. The first-order chi connectivity index (χ1) is 36.0. The van der Waals surface area contributed by atoms with Crippen molar-refractivity contribution in [3.8, 4) is 0 Å². The van der Waals surface area contributed by atoms with Gasteiger partial charge in [-0.15, -0.1) is 0 Å². The standard InChI is InChI=1S/C67H124O6/c1-4-7-10-13-16-19-22-25-27-29-30-31-32-33-34-35-36-37-38-39-41-42-45-48-51-54-57-60-66(69)72-63-64(62-71-65(68)59-56-53-50-47-44-24-21-18-15-12-9-6-3)73-67(70)61-58-55-52-49-46-43-40-28-26-23-20-17-14-11-8-5-2/h18,21-22,25,29-30,64H,4-17,19-20,23-24,26-28,31-63H2,1-3H3/b21-18-,25-22-,30-29-. The van der Waals surface area contributed by atoms with Gasteiger partial charge in [-0.05, 0) is 77.0 Å². The molecule has 0 heterocycles. The van der Waals surface area contributed by atoms with Gasteiger partial charge in [0.15, 0.2) is 6.10 Å². The summed E-state index contributed by atoms with van der Waals surface area (Å²) in [5.41, 5.74) is 0. The third-order valence-corrected chi connectivity index (χ3v) is 14.6. The lowest BCUT2D eigenvalue weighted by Gasteiger charge is -2.18. The van der Waals surface area contributed by atoms with E-state index < -0.39 is 6.10 Å². The zero-order valence-electron chi connectivity index (χ0n) is 49.2. The molecule has 0 N–H and O–H groups in total. The Labute approximate surface area is 455 Å². The van der Waals surface area contributed by atoms with Gasteiger partial charge in [0, 0.05) is 19.3 Å². The first-order valence-corrected chi connectivity index (χ1v) is 32.5. The minimum Gasteiger partial charge on any atom is -0.462 e. The highest BCUT2D eigenvalue weighted by atomic mass is 16.6. The molecule has 0 aliphatic rings. The number of carbonyl (C=O) groups excluding carboxylic acids is 3. The number of hydrogen-bond acceptors (Lipinski definition) is 6. The Morgan fingerprint density at radius 1 is 0.274 bits per heavy atom. The van der Waals surface area contributed by atoms with E-state index in [1.165, 1.54) is 244 Å². The molecule has 0 saturated heterocycles. The summed E-state index contributed by atoms with van der Waals surface area (Å²) in [7, 11) is 0. The van der Waals surface area contributed by atoms with Gasteiger partial charge in [0.1, 0.15) is 13.2 Å². The van der Waals surface area contributed by atoms with Crippen LogP contribution in [0.2, 0.25) is 0 Å². The molecule has 73 heavy (non-hydrogen) atoms. The monoisotopic (exact) mass is 1020 g/mol. The molecule has 0 aromatic rings. The number of ether oxygens (including phenoxy) is 3. The molecule has 0 rings (SSSR count). The predicted octanol–water partition coefficient (Wildman–Crippen LogP) is 22.0. The minimum absolute atomic E-state index is 0.0699. The molecule has 1 unspecified atom stereocenters. The Bertz CT molecular complexity index is 1220. The van der Waals surface area contributed by atoms with Crippen LogP contribution in [0.5, 0.6) is 0 Å². The van der Waals surface area contributed by atoms with Crippen LogP contribution in [0.15, 0.2) is 36.5 Å². The van der Waals surface area contributed by atoms with Gasteiger partial charge in [-0.25, -0.2) is 0 Å². The van der Waals surface area contributed by atoms with E-state index in [2.05, 4.69) is 57.2 Å². The lowest BCUT2D eigenvalue weighted by atomic mass is 10.0. The average molecular weight is 1030 g/mol. The van der Waals surface area contributed by atoms with Crippen molar-refractivity contribution in [3.63, 3.8) is 0 Å². The van der Waals surface area contributed by atoms with Crippen LogP contribution >= 0.6 is 0 Å². The molecule has 0 aliphatic heterocycles. The van der Waals surface area contributed by atoms with E-state index in [4.69, 9.17) is 14.2 Å². The topological polar surface area (TPSA) is 78.9 Å². The summed E-state index contributed by atoms with van der Waals surface area (Å²) in [5, 5.41) is 0. The SMILES string of the molecule is CCCCC/C=C\CCCCCCCC(=O)OCC(COC(=O)CCCCCCCCCCCCCCCCC/C=C\C/C=C\CCCCCCC)OC(=O)CCCCCCCCCCCCCCCCCC. The number of hydrogen-bond donors (Lipinski definition) is 0. The lowest BCUT2D eigenvalue weighted by Crippen LogP contribution is -2.30. The van der Waals surface area contributed by atoms with E-state index in [0.717, 1.165) is 70.6 Å². The highest BCUT2D eigenvalue weighted by Crippen LogP contribution is 2.18. The van der Waals surface area contributed by atoms with Crippen LogP contribution in [-0.2, 0) is 28.6 Å². The Kier molecular flexibility index (Phi) is 60.2. The van der Waals surface area contributed by atoms with E-state index in [1.807, 2.05) is 0 Å². The van der Waals surface area contributed by atoms with Crippen molar-refractivity contribution in [1.82, 2.24) is 0 Å². The fourth-order valence-corrected chi connectivity index (χ4v) is 9.71. The van der Waals surface area contributed by atoms with Gasteiger partial charge in [0.25, 0.3) is 0 Å². The smallest absolute Gasteiger partial charge is 0.306 e. The molecule has 0 saturated carbocycles. The van der Waals surface area contributed by atoms with Crippen molar-refractivity contribution in [1.29, 1.82) is 0 Å². The Morgan fingerprint density at radius 3 is 0.795 bits per heavy atom.